The number of hydrogen-bond donors (Lipinski definition) is 1. The van der Waals surface area contributed by atoms with E-state index in [1.807, 2.05) is 24.3 Å². The smallest absolute Gasteiger partial charge is 0.221 e. The van der Waals surface area contributed by atoms with Crippen molar-refractivity contribution in [3.63, 3.8) is 0 Å². The number of fused-ring (bicyclic) bond motifs is 1. The van der Waals surface area contributed by atoms with E-state index >= 15 is 0 Å². The minimum Gasteiger partial charge on any atom is -0.493 e. The molecule has 1 aromatic heterocycles. The molecule has 0 aliphatic heterocycles. The number of carbonyl (C=O) groups is 1. The third kappa shape index (κ3) is 2.04. The maximum absolute atomic E-state index is 10.6. The van der Waals surface area contributed by atoms with Crippen LogP contribution in [-0.2, 0) is 0 Å². The standard InChI is InChI=1S/C15H10N2O2/c18-8-10-1-3-11(4-2-10)12-5-6-13-14(7-12)16-9-17-15(13)19/h1-9H,(H,16,17,19). The summed E-state index contributed by atoms with van der Waals surface area (Å²) in [6.45, 7) is 0. The van der Waals surface area contributed by atoms with Gasteiger partial charge in [-0.1, -0.05) is 30.3 Å². The molecule has 0 amide bonds. The largest absolute Gasteiger partial charge is 0.493 e. The molecule has 1 heterocycles. The van der Waals surface area contributed by atoms with Crippen LogP contribution < -0.4 is 0 Å². The van der Waals surface area contributed by atoms with E-state index in [9.17, 15) is 9.90 Å². The van der Waals surface area contributed by atoms with Crippen molar-refractivity contribution in [2.75, 3.05) is 0 Å². The average Bonchev–Trinajstić information content (AvgIpc) is 2.47. The number of aldehydes is 1. The molecule has 0 bridgehead atoms. The fourth-order valence-corrected chi connectivity index (χ4v) is 1.98. The van der Waals surface area contributed by atoms with Gasteiger partial charge in [0.15, 0.2) is 0 Å². The zero-order chi connectivity index (χ0) is 13.2. The van der Waals surface area contributed by atoms with E-state index in [0.29, 0.717) is 16.5 Å². The van der Waals surface area contributed by atoms with Gasteiger partial charge >= 0.3 is 0 Å². The van der Waals surface area contributed by atoms with Crippen molar-refractivity contribution in [3.05, 3.63) is 54.4 Å². The van der Waals surface area contributed by atoms with Crippen molar-refractivity contribution in [3.8, 4) is 17.0 Å². The van der Waals surface area contributed by atoms with Crippen LogP contribution >= 0.6 is 0 Å². The first-order valence-corrected chi connectivity index (χ1v) is 5.77. The molecule has 0 fully saturated rings. The molecule has 19 heavy (non-hydrogen) atoms. The van der Waals surface area contributed by atoms with Gasteiger partial charge in [0.25, 0.3) is 0 Å². The molecule has 0 aliphatic carbocycles. The average molecular weight is 250 g/mol. The van der Waals surface area contributed by atoms with Gasteiger partial charge in [0.05, 0.1) is 10.9 Å². The lowest BCUT2D eigenvalue weighted by Gasteiger charge is -2.04. The molecular weight excluding hydrogens is 240 g/mol. The van der Waals surface area contributed by atoms with Crippen LogP contribution in [0.4, 0.5) is 0 Å². The molecule has 3 rings (SSSR count). The van der Waals surface area contributed by atoms with Crippen LogP contribution in [-0.4, -0.2) is 21.4 Å². The number of benzene rings is 2. The number of hydrogen-bond acceptors (Lipinski definition) is 4. The first-order chi connectivity index (χ1) is 9.28. The number of nitrogens with zero attached hydrogens (tertiary/aromatic N) is 2. The molecular formula is C15H10N2O2. The second-order valence-electron chi connectivity index (χ2n) is 4.17. The molecule has 0 spiro atoms. The van der Waals surface area contributed by atoms with E-state index in [1.165, 1.54) is 6.33 Å². The van der Waals surface area contributed by atoms with Gasteiger partial charge < -0.3 is 5.11 Å². The van der Waals surface area contributed by atoms with Gasteiger partial charge in [-0.25, -0.2) is 9.97 Å². The molecule has 2 aromatic carbocycles. The number of rotatable bonds is 2. The predicted octanol–water partition coefficient (Wildman–Crippen LogP) is 2.81. The zero-order valence-electron chi connectivity index (χ0n) is 9.95. The van der Waals surface area contributed by atoms with Crippen LogP contribution in [0.1, 0.15) is 10.4 Å². The van der Waals surface area contributed by atoms with Crippen LogP contribution in [0.5, 0.6) is 5.88 Å². The molecule has 4 heteroatoms. The lowest BCUT2D eigenvalue weighted by atomic mass is 10.0. The van der Waals surface area contributed by atoms with E-state index < -0.39 is 0 Å². The van der Waals surface area contributed by atoms with E-state index in [0.717, 1.165) is 17.4 Å². The molecule has 1 N–H and O–H groups in total. The molecule has 0 atom stereocenters. The summed E-state index contributed by atoms with van der Waals surface area (Å²) >= 11 is 0. The molecule has 92 valence electrons. The Kier molecular flexibility index (Phi) is 2.68. The molecule has 0 aliphatic rings. The maximum Gasteiger partial charge on any atom is 0.221 e. The molecule has 0 saturated heterocycles. The molecule has 0 saturated carbocycles. The Morgan fingerprint density at radius 3 is 2.42 bits per heavy atom. The predicted molar refractivity (Wildman–Crippen MR) is 72.0 cm³/mol. The fourth-order valence-electron chi connectivity index (χ4n) is 1.98. The highest BCUT2D eigenvalue weighted by molar-refractivity contribution is 5.87. The summed E-state index contributed by atoms with van der Waals surface area (Å²) in [5.41, 5.74) is 3.29. The lowest BCUT2D eigenvalue weighted by Crippen LogP contribution is -1.85. The Bertz CT molecular complexity index is 752. The van der Waals surface area contributed by atoms with Gasteiger partial charge in [-0.15, -0.1) is 0 Å². The maximum atomic E-state index is 10.6. The SMILES string of the molecule is O=Cc1ccc(-c2ccc3c(O)ncnc3c2)cc1. The summed E-state index contributed by atoms with van der Waals surface area (Å²) in [6, 6.07) is 12.9. The summed E-state index contributed by atoms with van der Waals surface area (Å²) in [5, 5.41) is 10.2. The van der Waals surface area contributed by atoms with E-state index in [4.69, 9.17) is 0 Å². The summed E-state index contributed by atoms with van der Waals surface area (Å²) in [5.74, 6) is -0.0205. The van der Waals surface area contributed by atoms with E-state index in [2.05, 4.69) is 9.97 Å². The molecule has 3 aromatic rings. The van der Waals surface area contributed by atoms with Gasteiger partial charge in [0, 0.05) is 5.56 Å². The number of aromatic nitrogens is 2. The Hall–Kier alpha value is -2.75. The Morgan fingerprint density at radius 2 is 1.68 bits per heavy atom. The van der Waals surface area contributed by atoms with Crippen LogP contribution in [0.2, 0.25) is 0 Å². The first kappa shape index (κ1) is 11.3. The number of aromatic hydroxyl groups is 1. The first-order valence-electron chi connectivity index (χ1n) is 5.77. The molecule has 0 radical (unpaired) electrons. The van der Waals surface area contributed by atoms with Crippen LogP contribution in [0.25, 0.3) is 22.0 Å². The second kappa shape index (κ2) is 4.49. The quantitative estimate of drug-likeness (QED) is 0.710. The lowest BCUT2D eigenvalue weighted by molar-refractivity contribution is 0.112. The molecule has 0 unspecified atom stereocenters. The van der Waals surface area contributed by atoms with Gasteiger partial charge in [-0.3, -0.25) is 4.79 Å². The highest BCUT2D eigenvalue weighted by atomic mass is 16.3. The van der Waals surface area contributed by atoms with Crippen LogP contribution in [0, 0.1) is 0 Å². The van der Waals surface area contributed by atoms with Crippen molar-refractivity contribution in [1.29, 1.82) is 0 Å². The minimum absolute atomic E-state index is 0.0205. The topological polar surface area (TPSA) is 63.1 Å². The monoisotopic (exact) mass is 250 g/mol. The fraction of sp³-hybridized carbons (Fsp3) is 0. The summed E-state index contributed by atoms with van der Waals surface area (Å²) in [7, 11) is 0. The highest BCUT2D eigenvalue weighted by Gasteiger charge is 2.04. The van der Waals surface area contributed by atoms with Crippen molar-refractivity contribution in [1.82, 2.24) is 9.97 Å². The van der Waals surface area contributed by atoms with Gasteiger partial charge in [0.1, 0.15) is 12.6 Å². The summed E-state index contributed by atoms with van der Waals surface area (Å²) in [4.78, 5) is 18.5. The van der Waals surface area contributed by atoms with E-state index in [1.54, 1.807) is 18.2 Å². The van der Waals surface area contributed by atoms with Crippen molar-refractivity contribution < 1.29 is 9.90 Å². The Morgan fingerprint density at radius 1 is 0.947 bits per heavy atom. The summed E-state index contributed by atoms with van der Waals surface area (Å²) < 4.78 is 0. The second-order valence-corrected chi connectivity index (χ2v) is 4.17. The number of carbonyl (C=O) groups excluding carboxylic acids is 1. The Balaban J connectivity index is 2.12. The van der Waals surface area contributed by atoms with Gasteiger partial charge in [0.2, 0.25) is 5.88 Å². The van der Waals surface area contributed by atoms with Crippen LogP contribution in [0.3, 0.4) is 0 Å². The van der Waals surface area contributed by atoms with Crippen LogP contribution in [0.15, 0.2) is 48.8 Å². The van der Waals surface area contributed by atoms with E-state index in [-0.39, 0.29) is 5.88 Å². The third-order valence-corrected chi connectivity index (χ3v) is 3.00. The van der Waals surface area contributed by atoms with Gasteiger partial charge in [-0.2, -0.15) is 0 Å². The zero-order valence-corrected chi connectivity index (χ0v) is 9.95. The minimum atomic E-state index is -0.0205. The normalized spacial score (nSPS) is 10.5. The third-order valence-electron chi connectivity index (χ3n) is 3.00. The van der Waals surface area contributed by atoms with Gasteiger partial charge in [-0.05, 0) is 23.3 Å². The molecule has 4 nitrogen and oxygen atoms in total. The summed E-state index contributed by atoms with van der Waals surface area (Å²) in [6.07, 6.45) is 2.15. The Labute approximate surface area is 109 Å². The van der Waals surface area contributed by atoms with Crippen molar-refractivity contribution in [2.45, 2.75) is 0 Å². The van der Waals surface area contributed by atoms with Crippen molar-refractivity contribution >= 4 is 17.2 Å². The highest BCUT2D eigenvalue weighted by Crippen LogP contribution is 2.26. The van der Waals surface area contributed by atoms with Crippen molar-refractivity contribution in [2.24, 2.45) is 0 Å².